The SMILES string of the molecule is CS(=O)(=O)c1cccc(Cl)c1CNCC(=O)O. The molecule has 1 aromatic rings. The number of carboxylic acid groups (broad SMARTS) is 1. The van der Waals surface area contributed by atoms with Gasteiger partial charge in [-0.2, -0.15) is 0 Å². The highest BCUT2D eigenvalue weighted by atomic mass is 35.5. The number of carboxylic acids is 1. The van der Waals surface area contributed by atoms with Crippen molar-refractivity contribution in [2.75, 3.05) is 12.8 Å². The topological polar surface area (TPSA) is 83.5 Å². The molecule has 0 heterocycles. The van der Waals surface area contributed by atoms with Crippen LogP contribution in [-0.4, -0.2) is 32.3 Å². The van der Waals surface area contributed by atoms with Crippen molar-refractivity contribution in [1.29, 1.82) is 0 Å². The van der Waals surface area contributed by atoms with E-state index in [1.165, 1.54) is 6.07 Å². The van der Waals surface area contributed by atoms with Gasteiger partial charge in [0.2, 0.25) is 0 Å². The fourth-order valence-electron chi connectivity index (χ4n) is 1.35. The number of hydrogen-bond acceptors (Lipinski definition) is 4. The fraction of sp³-hybridized carbons (Fsp3) is 0.300. The summed E-state index contributed by atoms with van der Waals surface area (Å²) in [6.07, 6.45) is 1.08. The largest absolute Gasteiger partial charge is 0.480 e. The summed E-state index contributed by atoms with van der Waals surface area (Å²) in [6, 6.07) is 4.55. The van der Waals surface area contributed by atoms with E-state index in [1.54, 1.807) is 12.1 Å². The van der Waals surface area contributed by atoms with Crippen molar-refractivity contribution in [1.82, 2.24) is 5.32 Å². The average Bonchev–Trinajstić information content (AvgIpc) is 2.18. The summed E-state index contributed by atoms with van der Waals surface area (Å²) < 4.78 is 23.0. The van der Waals surface area contributed by atoms with E-state index in [2.05, 4.69) is 5.32 Å². The summed E-state index contributed by atoms with van der Waals surface area (Å²) in [5.74, 6) is -1.02. The molecule has 5 nitrogen and oxygen atoms in total. The molecule has 0 amide bonds. The Kier molecular flexibility index (Phi) is 4.50. The molecule has 0 radical (unpaired) electrons. The van der Waals surface area contributed by atoms with Gasteiger partial charge in [-0.15, -0.1) is 0 Å². The zero-order valence-electron chi connectivity index (χ0n) is 9.10. The maximum atomic E-state index is 11.5. The van der Waals surface area contributed by atoms with Crippen LogP contribution < -0.4 is 5.32 Å². The summed E-state index contributed by atoms with van der Waals surface area (Å²) in [7, 11) is -3.38. The Morgan fingerprint density at radius 3 is 2.65 bits per heavy atom. The Balaban J connectivity index is 3.01. The van der Waals surface area contributed by atoms with Gasteiger partial charge in [-0.25, -0.2) is 8.42 Å². The molecular formula is C10H12ClNO4S. The summed E-state index contributed by atoms with van der Waals surface area (Å²) in [4.78, 5) is 10.5. The van der Waals surface area contributed by atoms with Crippen LogP contribution in [0.3, 0.4) is 0 Å². The van der Waals surface area contributed by atoms with Crippen LogP contribution in [0.15, 0.2) is 23.1 Å². The van der Waals surface area contributed by atoms with E-state index in [1.807, 2.05) is 0 Å². The van der Waals surface area contributed by atoms with Crippen molar-refractivity contribution >= 4 is 27.4 Å². The predicted molar refractivity (Wildman–Crippen MR) is 63.9 cm³/mol. The molecule has 0 unspecified atom stereocenters. The number of hydrogen-bond donors (Lipinski definition) is 2. The second-order valence-corrected chi connectivity index (χ2v) is 5.88. The third-order valence-corrected chi connectivity index (χ3v) is 3.59. The summed E-state index contributed by atoms with van der Waals surface area (Å²) in [5.41, 5.74) is 0.387. The summed E-state index contributed by atoms with van der Waals surface area (Å²) >= 11 is 5.90. The monoisotopic (exact) mass is 277 g/mol. The zero-order chi connectivity index (χ0) is 13.1. The van der Waals surface area contributed by atoms with Gasteiger partial charge < -0.3 is 10.4 Å². The second-order valence-electron chi connectivity index (χ2n) is 3.49. The highest BCUT2D eigenvalue weighted by molar-refractivity contribution is 7.90. The molecule has 17 heavy (non-hydrogen) atoms. The van der Waals surface area contributed by atoms with Crippen molar-refractivity contribution in [3.63, 3.8) is 0 Å². The molecule has 0 saturated heterocycles. The van der Waals surface area contributed by atoms with Crippen molar-refractivity contribution in [3.05, 3.63) is 28.8 Å². The average molecular weight is 278 g/mol. The molecule has 2 N–H and O–H groups in total. The van der Waals surface area contributed by atoms with E-state index in [9.17, 15) is 13.2 Å². The minimum absolute atomic E-state index is 0.0916. The molecule has 0 aromatic heterocycles. The Hall–Kier alpha value is -1.11. The van der Waals surface area contributed by atoms with Crippen LogP contribution in [0.5, 0.6) is 0 Å². The van der Waals surface area contributed by atoms with Gasteiger partial charge in [0.25, 0.3) is 0 Å². The molecule has 0 atom stereocenters. The Labute approximate surface area is 104 Å². The standard InChI is InChI=1S/C10H12ClNO4S/c1-17(15,16)9-4-2-3-8(11)7(9)5-12-6-10(13)14/h2-4,12H,5-6H2,1H3,(H,13,14). The second kappa shape index (κ2) is 5.48. The van der Waals surface area contributed by atoms with E-state index in [0.29, 0.717) is 10.6 Å². The fourth-order valence-corrected chi connectivity index (χ4v) is 2.61. The number of carbonyl (C=O) groups is 1. The van der Waals surface area contributed by atoms with Gasteiger partial charge in [-0.3, -0.25) is 4.79 Å². The highest BCUT2D eigenvalue weighted by Gasteiger charge is 2.15. The molecule has 1 aromatic carbocycles. The van der Waals surface area contributed by atoms with E-state index in [-0.39, 0.29) is 18.0 Å². The van der Waals surface area contributed by atoms with Crippen LogP contribution in [0, 0.1) is 0 Å². The van der Waals surface area contributed by atoms with Crippen LogP contribution in [0.2, 0.25) is 5.02 Å². The number of benzene rings is 1. The van der Waals surface area contributed by atoms with E-state index in [0.717, 1.165) is 6.26 Å². The smallest absolute Gasteiger partial charge is 0.317 e. The third-order valence-electron chi connectivity index (χ3n) is 2.05. The minimum atomic E-state index is -3.38. The molecule has 0 saturated carbocycles. The number of sulfone groups is 1. The first-order valence-corrected chi connectivity index (χ1v) is 6.99. The predicted octanol–water partition coefficient (Wildman–Crippen LogP) is 0.918. The third kappa shape index (κ3) is 3.99. The molecule has 0 bridgehead atoms. The van der Waals surface area contributed by atoms with E-state index in [4.69, 9.17) is 16.7 Å². The Morgan fingerprint density at radius 2 is 2.12 bits per heavy atom. The van der Waals surface area contributed by atoms with Crippen LogP contribution in [0.4, 0.5) is 0 Å². The molecule has 94 valence electrons. The maximum Gasteiger partial charge on any atom is 0.317 e. The molecule has 7 heteroatoms. The molecule has 1 rings (SSSR count). The number of aliphatic carboxylic acids is 1. The highest BCUT2D eigenvalue weighted by Crippen LogP contribution is 2.23. The van der Waals surface area contributed by atoms with E-state index >= 15 is 0 Å². The molecular weight excluding hydrogens is 266 g/mol. The first kappa shape index (κ1) is 14.0. The van der Waals surface area contributed by atoms with Gasteiger partial charge in [0.15, 0.2) is 9.84 Å². The lowest BCUT2D eigenvalue weighted by molar-refractivity contribution is -0.135. The van der Waals surface area contributed by atoms with Crippen molar-refractivity contribution in [3.8, 4) is 0 Å². The first-order chi connectivity index (χ1) is 7.82. The van der Waals surface area contributed by atoms with Gasteiger partial charge in [0.05, 0.1) is 11.4 Å². The minimum Gasteiger partial charge on any atom is -0.480 e. The quantitative estimate of drug-likeness (QED) is 0.836. The van der Waals surface area contributed by atoms with Gasteiger partial charge >= 0.3 is 5.97 Å². The normalized spacial score (nSPS) is 11.4. The Bertz CT molecular complexity index is 527. The lowest BCUT2D eigenvalue weighted by Crippen LogP contribution is -2.23. The number of nitrogens with one attached hydrogen (secondary N) is 1. The zero-order valence-corrected chi connectivity index (χ0v) is 10.7. The van der Waals surface area contributed by atoms with Crippen molar-refractivity contribution in [2.24, 2.45) is 0 Å². The van der Waals surface area contributed by atoms with Crippen molar-refractivity contribution in [2.45, 2.75) is 11.4 Å². The molecule has 0 aliphatic heterocycles. The van der Waals surface area contributed by atoms with Gasteiger partial charge in [-0.1, -0.05) is 17.7 Å². The van der Waals surface area contributed by atoms with Crippen LogP contribution in [0.25, 0.3) is 0 Å². The molecule has 0 aliphatic carbocycles. The van der Waals surface area contributed by atoms with E-state index < -0.39 is 15.8 Å². The first-order valence-electron chi connectivity index (χ1n) is 4.72. The van der Waals surface area contributed by atoms with Crippen LogP contribution in [0.1, 0.15) is 5.56 Å². The van der Waals surface area contributed by atoms with Gasteiger partial charge in [0.1, 0.15) is 0 Å². The number of rotatable bonds is 5. The van der Waals surface area contributed by atoms with Crippen LogP contribution >= 0.6 is 11.6 Å². The van der Waals surface area contributed by atoms with Crippen molar-refractivity contribution < 1.29 is 18.3 Å². The maximum absolute atomic E-state index is 11.5. The van der Waals surface area contributed by atoms with Crippen LogP contribution in [-0.2, 0) is 21.2 Å². The molecule has 0 spiro atoms. The summed E-state index contributed by atoms with van der Waals surface area (Å²) in [5, 5.41) is 11.4. The van der Waals surface area contributed by atoms with Gasteiger partial charge in [-0.05, 0) is 12.1 Å². The lowest BCUT2D eigenvalue weighted by Gasteiger charge is -2.10. The Morgan fingerprint density at radius 1 is 1.47 bits per heavy atom. The number of halogens is 1. The molecule has 0 aliphatic rings. The summed E-state index contributed by atoms with van der Waals surface area (Å²) in [6.45, 7) is -0.164. The lowest BCUT2D eigenvalue weighted by atomic mass is 10.2. The molecule has 0 fully saturated rings. The van der Waals surface area contributed by atoms with Gasteiger partial charge in [0, 0.05) is 23.4 Å².